The van der Waals surface area contributed by atoms with Crippen LogP contribution in [-0.4, -0.2) is 46.3 Å². The van der Waals surface area contributed by atoms with Crippen molar-refractivity contribution in [2.75, 3.05) is 19.6 Å². The van der Waals surface area contributed by atoms with Gasteiger partial charge in [-0.1, -0.05) is 6.92 Å². The Kier molecular flexibility index (Phi) is 6.03. The predicted octanol–water partition coefficient (Wildman–Crippen LogP) is 2.75. The van der Waals surface area contributed by atoms with Gasteiger partial charge in [-0.15, -0.1) is 0 Å². The van der Waals surface area contributed by atoms with Crippen molar-refractivity contribution in [3.8, 4) is 0 Å². The molecule has 1 aliphatic rings. The molecule has 1 fully saturated rings. The molecule has 1 aromatic heterocycles. The van der Waals surface area contributed by atoms with E-state index in [4.69, 9.17) is 0 Å². The maximum atomic E-state index is 12.4. The van der Waals surface area contributed by atoms with Gasteiger partial charge in [-0.05, 0) is 68.6 Å². The third-order valence-electron chi connectivity index (χ3n) is 4.43. The Morgan fingerprint density at radius 1 is 1.45 bits per heavy atom. The van der Waals surface area contributed by atoms with E-state index >= 15 is 0 Å². The topological polar surface area (TPSA) is 50.2 Å². The third-order valence-corrected chi connectivity index (χ3v) is 5.21. The summed E-state index contributed by atoms with van der Waals surface area (Å²) in [7, 11) is 0. The van der Waals surface area contributed by atoms with Crippen LogP contribution in [0.1, 0.15) is 45.3 Å². The first-order chi connectivity index (χ1) is 10.4. The van der Waals surface area contributed by atoms with E-state index < -0.39 is 0 Å². The summed E-state index contributed by atoms with van der Waals surface area (Å²) in [5, 5.41) is 7.47. The van der Waals surface area contributed by atoms with E-state index in [0.717, 1.165) is 35.7 Å². The molecule has 0 saturated carbocycles. The number of carbonyl (C=O) groups is 1. The molecule has 1 aliphatic heterocycles. The fourth-order valence-corrected chi connectivity index (χ4v) is 3.11. The summed E-state index contributed by atoms with van der Waals surface area (Å²) in [5.74, 6) is 0.857. The van der Waals surface area contributed by atoms with Crippen molar-refractivity contribution in [3.63, 3.8) is 0 Å². The molecule has 2 rings (SSSR count). The number of aryl methyl sites for hydroxylation is 1. The molecule has 0 aliphatic carbocycles. The number of hydrogen-bond acceptors (Lipinski definition) is 3. The fourth-order valence-electron chi connectivity index (χ4n) is 2.82. The van der Waals surface area contributed by atoms with Crippen molar-refractivity contribution in [2.24, 2.45) is 5.92 Å². The quantitative estimate of drug-likeness (QED) is 0.866. The second-order valence-corrected chi connectivity index (χ2v) is 7.47. The highest BCUT2D eigenvalue weighted by atomic mass is 79.9. The maximum Gasteiger partial charge on any atom is 0.244 e. The molecule has 0 spiro atoms. The lowest BCUT2D eigenvalue weighted by atomic mass is 9.99. The first-order valence-electron chi connectivity index (χ1n) is 8.10. The summed E-state index contributed by atoms with van der Waals surface area (Å²) in [6.07, 6.45) is 4.38. The van der Waals surface area contributed by atoms with Gasteiger partial charge in [-0.3, -0.25) is 9.48 Å². The smallest absolute Gasteiger partial charge is 0.244 e. The Morgan fingerprint density at radius 2 is 2.09 bits per heavy atom. The van der Waals surface area contributed by atoms with Gasteiger partial charge in [0, 0.05) is 18.8 Å². The Morgan fingerprint density at radius 3 is 2.64 bits per heavy atom. The number of nitrogens with one attached hydrogen (secondary N) is 1. The van der Waals surface area contributed by atoms with Crippen LogP contribution in [0.3, 0.4) is 0 Å². The molecular weight excluding hydrogens is 344 g/mol. The average molecular weight is 371 g/mol. The van der Waals surface area contributed by atoms with E-state index in [-0.39, 0.29) is 18.0 Å². The Bertz CT molecular complexity index is 489. The Labute approximate surface area is 141 Å². The summed E-state index contributed by atoms with van der Waals surface area (Å²) in [5.41, 5.74) is 0.898. The zero-order chi connectivity index (χ0) is 16.3. The molecule has 1 N–H and O–H groups in total. The molecule has 124 valence electrons. The summed E-state index contributed by atoms with van der Waals surface area (Å²) >= 11 is 3.43. The predicted molar refractivity (Wildman–Crippen MR) is 91.8 cm³/mol. The highest BCUT2D eigenvalue weighted by Crippen LogP contribution is 2.18. The van der Waals surface area contributed by atoms with Crippen molar-refractivity contribution in [3.05, 3.63) is 16.4 Å². The summed E-state index contributed by atoms with van der Waals surface area (Å²) in [4.78, 5) is 14.8. The normalized spacial score (nSPS) is 19.9. The first kappa shape index (κ1) is 17.5. The largest absolute Gasteiger partial charge is 0.351 e. The van der Waals surface area contributed by atoms with Crippen LogP contribution in [0.4, 0.5) is 0 Å². The van der Waals surface area contributed by atoms with Crippen LogP contribution < -0.4 is 5.32 Å². The number of likely N-dealkylation sites (tertiary alicyclic amines) is 1. The van der Waals surface area contributed by atoms with Crippen LogP contribution in [0.2, 0.25) is 0 Å². The highest BCUT2D eigenvalue weighted by molar-refractivity contribution is 9.10. The number of aromatic nitrogens is 2. The molecule has 5 nitrogen and oxygen atoms in total. The number of carbonyl (C=O) groups excluding carboxylic acids is 1. The number of piperidine rings is 1. The van der Waals surface area contributed by atoms with E-state index in [2.05, 4.69) is 45.1 Å². The van der Waals surface area contributed by atoms with Crippen LogP contribution in [0.15, 0.2) is 10.7 Å². The van der Waals surface area contributed by atoms with E-state index in [0.29, 0.717) is 0 Å². The van der Waals surface area contributed by atoms with E-state index in [1.807, 2.05) is 20.0 Å². The summed E-state index contributed by atoms with van der Waals surface area (Å²) in [6.45, 7) is 11.4. The SMILES string of the molecule is Cc1nn([C@H](C)C(=O)N[C@H](C)CN2CCC(C)CC2)cc1Br. The van der Waals surface area contributed by atoms with E-state index in [1.165, 1.54) is 12.8 Å². The minimum Gasteiger partial charge on any atom is -0.351 e. The molecular formula is C16H27BrN4O. The lowest BCUT2D eigenvalue weighted by Crippen LogP contribution is -2.46. The molecule has 2 atom stereocenters. The van der Waals surface area contributed by atoms with Crippen LogP contribution in [0, 0.1) is 12.8 Å². The monoisotopic (exact) mass is 370 g/mol. The van der Waals surface area contributed by atoms with Gasteiger partial charge in [0.1, 0.15) is 6.04 Å². The van der Waals surface area contributed by atoms with Gasteiger partial charge >= 0.3 is 0 Å². The summed E-state index contributed by atoms with van der Waals surface area (Å²) < 4.78 is 2.65. The zero-order valence-electron chi connectivity index (χ0n) is 14.0. The maximum absolute atomic E-state index is 12.4. The minimum absolute atomic E-state index is 0.0212. The van der Waals surface area contributed by atoms with Crippen molar-refractivity contribution < 1.29 is 4.79 Å². The van der Waals surface area contributed by atoms with Crippen LogP contribution in [0.5, 0.6) is 0 Å². The minimum atomic E-state index is -0.297. The average Bonchev–Trinajstić information content (AvgIpc) is 2.80. The molecule has 6 heteroatoms. The van der Waals surface area contributed by atoms with E-state index in [1.54, 1.807) is 4.68 Å². The Hall–Kier alpha value is -0.880. The van der Waals surface area contributed by atoms with Gasteiger partial charge in [0.2, 0.25) is 5.91 Å². The molecule has 0 unspecified atom stereocenters. The van der Waals surface area contributed by atoms with Crippen molar-refractivity contribution in [1.29, 1.82) is 0 Å². The zero-order valence-corrected chi connectivity index (χ0v) is 15.6. The van der Waals surface area contributed by atoms with Gasteiger partial charge in [0.15, 0.2) is 0 Å². The molecule has 1 saturated heterocycles. The highest BCUT2D eigenvalue weighted by Gasteiger charge is 2.21. The first-order valence-corrected chi connectivity index (χ1v) is 8.90. The van der Waals surface area contributed by atoms with Crippen LogP contribution >= 0.6 is 15.9 Å². The van der Waals surface area contributed by atoms with E-state index in [9.17, 15) is 4.79 Å². The van der Waals surface area contributed by atoms with Gasteiger partial charge in [0.25, 0.3) is 0 Å². The summed E-state index contributed by atoms with van der Waals surface area (Å²) in [6, 6.07) is -0.141. The fraction of sp³-hybridized carbons (Fsp3) is 0.750. The number of amides is 1. The van der Waals surface area contributed by atoms with Crippen molar-refractivity contribution >= 4 is 21.8 Å². The lowest BCUT2D eigenvalue weighted by Gasteiger charge is -2.32. The van der Waals surface area contributed by atoms with Gasteiger partial charge in [-0.2, -0.15) is 5.10 Å². The number of hydrogen-bond donors (Lipinski definition) is 1. The molecule has 0 radical (unpaired) electrons. The number of rotatable bonds is 5. The molecule has 2 heterocycles. The lowest BCUT2D eigenvalue weighted by molar-refractivity contribution is -0.124. The van der Waals surface area contributed by atoms with Crippen molar-refractivity contribution in [2.45, 2.75) is 52.6 Å². The second-order valence-electron chi connectivity index (χ2n) is 6.61. The number of halogens is 1. The van der Waals surface area contributed by atoms with Crippen LogP contribution in [-0.2, 0) is 4.79 Å². The van der Waals surface area contributed by atoms with Gasteiger partial charge in [-0.25, -0.2) is 0 Å². The molecule has 0 aromatic carbocycles. The molecule has 1 amide bonds. The molecule has 22 heavy (non-hydrogen) atoms. The third kappa shape index (κ3) is 4.56. The standard InChI is InChI=1S/C16H27BrN4O/c1-11-5-7-20(8-6-11)9-12(2)18-16(22)14(4)21-10-15(17)13(3)19-21/h10-12,14H,5-9H2,1-4H3,(H,18,22)/t12-,14-/m1/s1. The van der Waals surface area contributed by atoms with Gasteiger partial charge < -0.3 is 10.2 Å². The second kappa shape index (κ2) is 7.59. The number of nitrogens with zero attached hydrogens (tertiary/aromatic N) is 3. The van der Waals surface area contributed by atoms with Crippen LogP contribution in [0.25, 0.3) is 0 Å². The van der Waals surface area contributed by atoms with Gasteiger partial charge in [0.05, 0.1) is 10.2 Å². The van der Waals surface area contributed by atoms with Crippen molar-refractivity contribution in [1.82, 2.24) is 20.0 Å². The molecule has 0 bridgehead atoms. The molecule has 1 aromatic rings. The Balaban J connectivity index is 1.82.